The van der Waals surface area contributed by atoms with Crippen LogP contribution in [0.1, 0.15) is 53.0 Å². The van der Waals surface area contributed by atoms with E-state index in [-0.39, 0.29) is 29.4 Å². The number of carbonyl (C=O) groups excluding carboxylic acids is 1. The molecule has 178 valence electrons. The van der Waals surface area contributed by atoms with Crippen LogP contribution in [-0.2, 0) is 17.8 Å². The van der Waals surface area contributed by atoms with Gasteiger partial charge in [0.25, 0.3) is 0 Å². The zero-order valence-electron chi connectivity index (χ0n) is 20.3. The van der Waals surface area contributed by atoms with Crippen molar-refractivity contribution in [2.45, 2.75) is 45.1 Å². The fourth-order valence-electron chi connectivity index (χ4n) is 5.18. The molecule has 0 fully saturated rings. The van der Waals surface area contributed by atoms with Crippen molar-refractivity contribution in [3.63, 3.8) is 0 Å². The minimum atomic E-state index is 0.0113. The van der Waals surface area contributed by atoms with Crippen LogP contribution in [0.4, 0.5) is 0 Å². The van der Waals surface area contributed by atoms with Gasteiger partial charge < -0.3 is 19.9 Å². The summed E-state index contributed by atoms with van der Waals surface area (Å²) in [5.41, 5.74) is 5.90. The summed E-state index contributed by atoms with van der Waals surface area (Å²) >= 11 is 0. The van der Waals surface area contributed by atoms with Gasteiger partial charge in [0.05, 0.1) is 14.2 Å². The third-order valence-corrected chi connectivity index (χ3v) is 7.04. The number of hydrogen-bond acceptors (Lipinski definition) is 4. The zero-order valence-corrected chi connectivity index (χ0v) is 20.3. The molecule has 34 heavy (non-hydrogen) atoms. The highest BCUT2D eigenvalue weighted by Gasteiger charge is 2.39. The molecule has 5 heteroatoms. The van der Waals surface area contributed by atoms with Gasteiger partial charge in [-0.05, 0) is 65.5 Å². The second-order valence-corrected chi connectivity index (χ2v) is 9.22. The molecule has 0 bridgehead atoms. The molecule has 5 nitrogen and oxygen atoms in total. The average molecular weight is 460 g/mol. The summed E-state index contributed by atoms with van der Waals surface area (Å²) in [5, 5.41) is 13.4. The Morgan fingerprint density at radius 1 is 0.912 bits per heavy atom. The number of carbonyl (C=O) groups is 1. The fourth-order valence-corrected chi connectivity index (χ4v) is 5.18. The predicted octanol–water partition coefficient (Wildman–Crippen LogP) is 5.48. The Labute approximate surface area is 201 Å². The van der Waals surface area contributed by atoms with E-state index in [4.69, 9.17) is 9.47 Å². The molecular weight excluding hydrogens is 426 g/mol. The summed E-state index contributed by atoms with van der Waals surface area (Å²) in [6.07, 6.45) is 1.23. The number of hydrogen-bond donors (Lipinski definition) is 2. The van der Waals surface area contributed by atoms with E-state index >= 15 is 0 Å². The third kappa shape index (κ3) is 4.89. The van der Waals surface area contributed by atoms with Gasteiger partial charge in [0.1, 0.15) is 0 Å². The van der Waals surface area contributed by atoms with E-state index in [9.17, 15) is 9.90 Å². The van der Waals surface area contributed by atoms with Gasteiger partial charge in [-0.15, -0.1) is 0 Å². The van der Waals surface area contributed by atoms with Crippen molar-refractivity contribution < 1.29 is 19.4 Å². The lowest BCUT2D eigenvalue weighted by Crippen LogP contribution is -2.26. The molecule has 1 aliphatic rings. The molecule has 3 aromatic rings. The lowest BCUT2D eigenvalue weighted by molar-refractivity contribution is -0.121. The van der Waals surface area contributed by atoms with Gasteiger partial charge in [0, 0.05) is 13.0 Å². The normalized spacial score (nSPS) is 18.9. The van der Waals surface area contributed by atoms with E-state index in [2.05, 4.69) is 37.4 Å². The Morgan fingerprint density at radius 2 is 1.59 bits per heavy atom. The highest BCUT2D eigenvalue weighted by molar-refractivity contribution is 5.77. The van der Waals surface area contributed by atoms with Crippen molar-refractivity contribution in [1.29, 1.82) is 0 Å². The maximum absolute atomic E-state index is 12.9. The van der Waals surface area contributed by atoms with Gasteiger partial charge in [0.15, 0.2) is 11.5 Å². The molecule has 2 N–H and O–H groups in total. The minimum absolute atomic E-state index is 0.0113. The molecule has 1 amide bonds. The van der Waals surface area contributed by atoms with Crippen LogP contribution in [0.25, 0.3) is 0 Å². The van der Waals surface area contributed by atoms with E-state index in [1.54, 1.807) is 14.2 Å². The smallest absolute Gasteiger partial charge is 0.220 e. The average Bonchev–Trinajstić information content (AvgIpc) is 3.09. The summed E-state index contributed by atoms with van der Waals surface area (Å²) in [5.74, 6) is 1.57. The van der Waals surface area contributed by atoms with Gasteiger partial charge >= 0.3 is 0 Å². The first-order valence-electron chi connectivity index (χ1n) is 11.8. The number of ether oxygens (including phenoxy) is 2. The predicted molar refractivity (Wildman–Crippen MR) is 134 cm³/mol. The molecule has 3 unspecified atom stereocenters. The molecule has 3 atom stereocenters. The highest BCUT2D eigenvalue weighted by atomic mass is 16.5. The first-order valence-corrected chi connectivity index (χ1v) is 11.8. The molecular formula is C29H33NO4. The molecule has 4 rings (SSSR count). The zero-order chi connectivity index (χ0) is 24.2. The van der Waals surface area contributed by atoms with E-state index in [0.717, 1.165) is 17.5 Å². The van der Waals surface area contributed by atoms with E-state index in [0.29, 0.717) is 24.5 Å². The number of amides is 1. The van der Waals surface area contributed by atoms with E-state index in [1.165, 1.54) is 16.7 Å². The van der Waals surface area contributed by atoms with Crippen LogP contribution >= 0.6 is 0 Å². The van der Waals surface area contributed by atoms with Crippen molar-refractivity contribution in [1.82, 2.24) is 5.32 Å². The first-order chi connectivity index (χ1) is 16.4. The lowest BCUT2D eigenvalue weighted by atomic mass is 9.83. The number of rotatable bonds is 8. The number of fused-ring (bicyclic) bond motifs is 1. The van der Waals surface area contributed by atoms with E-state index < -0.39 is 0 Å². The molecule has 0 aromatic heterocycles. The quantitative estimate of drug-likeness (QED) is 0.468. The maximum Gasteiger partial charge on any atom is 0.220 e. The minimum Gasteiger partial charge on any atom is -0.502 e. The van der Waals surface area contributed by atoms with E-state index in [1.807, 2.05) is 42.5 Å². The Kier molecular flexibility index (Phi) is 7.11. The standard InChI is InChI=1S/C29H33NO4/c1-18-10-11-22-23(13-21-14-26(33-3)29(32)27(15-21)34-4)19(2)24(25(22)12-18)16-28(31)30-17-20-8-6-5-7-9-20/h5-12,14-15,19,23-24,32H,13,16-17H2,1-4H3,(H,30,31). The van der Waals surface area contributed by atoms with Crippen LogP contribution in [0.15, 0.2) is 60.7 Å². The topological polar surface area (TPSA) is 67.8 Å². The van der Waals surface area contributed by atoms with Crippen LogP contribution in [0.3, 0.4) is 0 Å². The van der Waals surface area contributed by atoms with Crippen molar-refractivity contribution in [3.8, 4) is 17.2 Å². The molecule has 0 heterocycles. The van der Waals surface area contributed by atoms with Crippen LogP contribution in [0.5, 0.6) is 17.2 Å². The summed E-state index contributed by atoms with van der Waals surface area (Å²) in [7, 11) is 3.08. The second-order valence-electron chi connectivity index (χ2n) is 9.22. The largest absolute Gasteiger partial charge is 0.502 e. The summed E-state index contributed by atoms with van der Waals surface area (Å²) in [6, 6.07) is 20.3. The Morgan fingerprint density at radius 3 is 2.24 bits per heavy atom. The maximum atomic E-state index is 12.9. The Bertz CT molecular complexity index is 1130. The Hall–Kier alpha value is -3.47. The number of aromatic hydroxyl groups is 1. The number of phenolic OH excluding ortho intramolecular Hbond substituents is 1. The van der Waals surface area contributed by atoms with Crippen LogP contribution < -0.4 is 14.8 Å². The summed E-state index contributed by atoms with van der Waals surface area (Å²) in [4.78, 5) is 12.9. The molecule has 0 saturated carbocycles. The Balaban J connectivity index is 1.56. The molecule has 0 saturated heterocycles. The highest BCUT2D eigenvalue weighted by Crippen LogP contribution is 2.50. The SMILES string of the molecule is COc1cc(CC2c3ccc(C)cc3C(CC(=O)NCc3ccccc3)C2C)cc(OC)c1O. The van der Waals surface area contributed by atoms with Crippen LogP contribution in [-0.4, -0.2) is 25.2 Å². The number of methoxy groups -OCH3 is 2. The summed E-state index contributed by atoms with van der Waals surface area (Å²) < 4.78 is 10.7. The number of nitrogens with one attached hydrogen (secondary N) is 1. The van der Waals surface area contributed by atoms with Gasteiger partial charge in [0.2, 0.25) is 11.7 Å². The number of aryl methyl sites for hydroxylation is 1. The van der Waals surface area contributed by atoms with Crippen molar-refractivity contribution in [3.05, 3.63) is 88.5 Å². The van der Waals surface area contributed by atoms with Crippen molar-refractivity contribution in [2.24, 2.45) is 5.92 Å². The molecule has 0 aliphatic heterocycles. The van der Waals surface area contributed by atoms with Crippen LogP contribution in [0, 0.1) is 12.8 Å². The second kappa shape index (κ2) is 10.2. The lowest BCUT2D eigenvalue weighted by Gasteiger charge is -2.22. The first kappa shape index (κ1) is 23.7. The van der Waals surface area contributed by atoms with Gasteiger partial charge in [-0.3, -0.25) is 4.79 Å². The number of benzene rings is 3. The number of phenols is 1. The third-order valence-electron chi connectivity index (χ3n) is 7.04. The van der Waals surface area contributed by atoms with Gasteiger partial charge in [-0.2, -0.15) is 0 Å². The molecule has 3 aromatic carbocycles. The van der Waals surface area contributed by atoms with Crippen LogP contribution in [0.2, 0.25) is 0 Å². The van der Waals surface area contributed by atoms with Crippen molar-refractivity contribution in [2.75, 3.05) is 14.2 Å². The van der Waals surface area contributed by atoms with Gasteiger partial charge in [-0.1, -0.05) is 61.0 Å². The van der Waals surface area contributed by atoms with Gasteiger partial charge in [-0.25, -0.2) is 0 Å². The monoisotopic (exact) mass is 459 g/mol. The van der Waals surface area contributed by atoms with Crippen molar-refractivity contribution >= 4 is 5.91 Å². The molecule has 0 spiro atoms. The fraction of sp³-hybridized carbons (Fsp3) is 0.345. The molecule has 0 radical (unpaired) electrons. The molecule has 1 aliphatic carbocycles. The summed E-state index contributed by atoms with van der Waals surface area (Å²) in [6.45, 7) is 4.88.